The zero-order valence-electron chi connectivity index (χ0n) is 9.30. The molecule has 0 saturated heterocycles. The zero-order valence-corrected chi connectivity index (χ0v) is 10.9. The molecule has 0 aliphatic heterocycles. The van der Waals surface area contributed by atoms with Gasteiger partial charge in [-0.25, -0.2) is 0 Å². The van der Waals surface area contributed by atoms with Crippen molar-refractivity contribution in [1.82, 2.24) is 19.9 Å². The molecule has 0 radical (unpaired) electrons. The fraction of sp³-hybridized carbons (Fsp3) is 0.500. The third kappa shape index (κ3) is 2.45. The standard InChI is InChI=1S/C10H14N4S2/c1-3-8-10(16-14-13-8)9(11-2)4-7-5-12-6-15-7/h5-6,9,11H,3-4H2,1-2H3. The molecule has 6 heteroatoms. The second-order valence-corrected chi connectivity index (χ2v) is 5.21. The maximum absolute atomic E-state index is 4.15. The van der Waals surface area contributed by atoms with E-state index in [1.54, 1.807) is 11.3 Å². The first-order valence-electron chi connectivity index (χ1n) is 5.21. The predicted octanol–water partition coefficient (Wildman–Crippen LogP) is 2.06. The highest BCUT2D eigenvalue weighted by molar-refractivity contribution is 7.09. The van der Waals surface area contributed by atoms with E-state index in [2.05, 4.69) is 26.8 Å². The average molecular weight is 254 g/mol. The number of aryl methyl sites for hydroxylation is 1. The summed E-state index contributed by atoms with van der Waals surface area (Å²) >= 11 is 3.18. The maximum Gasteiger partial charge on any atom is 0.0801 e. The first kappa shape index (κ1) is 11.6. The van der Waals surface area contributed by atoms with E-state index in [-0.39, 0.29) is 0 Å². The molecule has 2 aromatic heterocycles. The van der Waals surface area contributed by atoms with E-state index >= 15 is 0 Å². The molecule has 2 heterocycles. The number of aromatic nitrogens is 3. The van der Waals surface area contributed by atoms with Gasteiger partial charge in [0.15, 0.2) is 0 Å². The van der Waals surface area contributed by atoms with Crippen molar-refractivity contribution in [2.75, 3.05) is 7.05 Å². The lowest BCUT2D eigenvalue weighted by Crippen LogP contribution is -2.18. The molecule has 0 aliphatic carbocycles. The van der Waals surface area contributed by atoms with Crippen molar-refractivity contribution < 1.29 is 0 Å². The SMILES string of the molecule is CCc1nnsc1C(Cc1cncs1)NC. The van der Waals surface area contributed by atoms with Gasteiger partial charge in [0, 0.05) is 23.5 Å². The Morgan fingerprint density at radius 3 is 3.00 bits per heavy atom. The van der Waals surface area contributed by atoms with Gasteiger partial charge in [-0.1, -0.05) is 11.4 Å². The summed E-state index contributed by atoms with van der Waals surface area (Å²) in [4.78, 5) is 6.63. The van der Waals surface area contributed by atoms with Crippen LogP contribution >= 0.6 is 22.9 Å². The van der Waals surface area contributed by atoms with Gasteiger partial charge in [0.2, 0.25) is 0 Å². The summed E-state index contributed by atoms with van der Waals surface area (Å²) in [6.45, 7) is 2.11. The minimum Gasteiger partial charge on any atom is -0.312 e. The summed E-state index contributed by atoms with van der Waals surface area (Å²) in [6.07, 6.45) is 3.82. The minimum absolute atomic E-state index is 0.301. The second kappa shape index (κ2) is 5.47. The third-order valence-corrected chi connectivity index (χ3v) is 4.16. The van der Waals surface area contributed by atoms with E-state index in [4.69, 9.17) is 0 Å². The molecule has 1 unspecified atom stereocenters. The number of nitrogens with zero attached hydrogens (tertiary/aromatic N) is 3. The van der Waals surface area contributed by atoms with Crippen LogP contribution in [0.1, 0.15) is 28.4 Å². The van der Waals surface area contributed by atoms with Crippen LogP contribution in [0.3, 0.4) is 0 Å². The number of likely N-dealkylation sites (N-methyl/N-ethyl adjacent to an activating group) is 1. The van der Waals surface area contributed by atoms with Crippen molar-refractivity contribution in [2.45, 2.75) is 25.8 Å². The lowest BCUT2D eigenvalue weighted by Gasteiger charge is -2.13. The molecule has 0 bridgehead atoms. The van der Waals surface area contributed by atoms with Gasteiger partial charge in [-0.2, -0.15) is 0 Å². The molecule has 0 aliphatic rings. The predicted molar refractivity (Wildman–Crippen MR) is 66.9 cm³/mol. The molecule has 0 amide bonds. The Labute approximate surface area is 103 Å². The van der Waals surface area contributed by atoms with Crippen LogP contribution in [0.15, 0.2) is 11.7 Å². The van der Waals surface area contributed by atoms with Crippen molar-refractivity contribution in [3.8, 4) is 0 Å². The van der Waals surface area contributed by atoms with Crippen molar-refractivity contribution in [3.63, 3.8) is 0 Å². The number of thiazole rings is 1. The number of hydrogen-bond donors (Lipinski definition) is 1. The lowest BCUT2D eigenvalue weighted by molar-refractivity contribution is 0.599. The minimum atomic E-state index is 0.301. The maximum atomic E-state index is 4.15. The van der Waals surface area contributed by atoms with E-state index in [1.165, 1.54) is 21.3 Å². The molecule has 4 nitrogen and oxygen atoms in total. The highest BCUT2D eigenvalue weighted by atomic mass is 32.1. The monoisotopic (exact) mass is 254 g/mol. The van der Waals surface area contributed by atoms with Crippen molar-refractivity contribution in [1.29, 1.82) is 0 Å². The van der Waals surface area contributed by atoms with Crippen LogP contribution in [0, 0.1) is 0 Å². The Balaban J connectivity index is 2.16. The smallest absolute Gasteiger partial charge is 0.0801 e. The van der Waals surface area contributed by atoms with Crippen LogP contribution < -0.4 is 5.32 Å². The molecule has 0 saturated carbocycles. The highest BCUT2D eigenvalue weighted by Crippen LogP contribution is 2.25. The van der Waals surface area contributed by atoms with Gasteiger partial charge in [0.05, 0.1) is 16.1 Å². The van der Waals surface area contributed by atoms with E-state index in [0.717, 1.165) is 18.5 Å². The molecule has 1 N–H and O–H groups in total. The van der Waals surface area contributed by atoms with Crippen molar-refractivity contribution in [3.05, 3.63) is 27.2 Å². The number of rotatable bonds is 5. The Kier molecular flexibility index (Phi) is 3.98. The summed E-state index contributed by atoms with van der Waals surface area (Å²) in [7, 11) is 1.98. The van der Waals surface area contributed by atoms with E-state index in [0.29, 0.717) is 6.04 Å². The van der Waals surface area contributed by atoms with Gasteiger partial charge in [-0.05, 0) is 25.0 Å². The second-order valence-electron chi connectivity index (χ2n) is 3.45. The van der Waals surface area contributed by atoms with Gasteiger partial charge in [0.1, 0.15) is 0 Å². The summed E-state index contributed by atoms with van der Waals surface area (Å²) in [5.41, 5.74) is 2.97. The van der Waals surface area contributed by atoms with Gasteiger partial charge in [-0.15, -0.1) is 16.4 Å². The Hall–Kier alpha value is -0.850. The molecule has 0 spiro atoms. The average Bonchev–Trinajstić information content (AvgIpc) is 2.96. The molecule has 1 atom stereocenters. The van der Waals surface area contributed by atoms with Crippen LogP contribution in [0.2, 0.25) is 0 Å². The highest BCUT2D eigenvalue weighted by Gasteiger charge is 2.17. The Bertz CT molecular complexity index is 424. The van der Waals surface area contributed by atoms with E-state index < -0.39 is 0 Å². The van der Waals surface area contributed by atoms with E-state index in [1.807, 2.05) is 18.8 Å². The van der Waals surface area contributed by atoms with E-state index in [9.17, 15) is 0 Å². The normalized spacial score (nSPS) is 12.9. The quantitative estimate of drug-likeness (QED) is 0.887. The first-order valence-corrected chi connectivity index (χ1v) is 6.86. The van der Waals surface area contributed by atoms with Gasteiger partial charge < -0.3 is 5.32 Å². The summed E-state index contributed by atoms with van der Waals surface area (Å²) in [6, 6.07) is 0.301. The number of hydrogen-bond acceptors (Lipinski definition) is 6. The summed E-state index contributed by atoms with van der Waals surface area (Å²) < 4.78 is 4.03. The van der Waals surface area contributed by atoms with Crippen LogP contribution in [-0.2, 0) is 12.8 Å². The third-order valence-electron chi connectivity index (χ3n) is 2.47. The zero-order chi connectivity index (χ0) is 11.4. The fourth-order valence-corrected chi connectivity index (χ4v) is 3.08. The van der Waals surface area contributed by atoms with Gasteiger partial charge >= 0.3 is 0 Å². The van der Waals surface area contributed by atoms with Crippen LogP contribution in [0.25, 0.3) is 0 Å². The molecular weight excluding hydrogens is 240 g/mol. The van der Waals surface area contributed by atoms with Crippen molar-refractivity contribution >= 4 is 22.9 Å². The Morgan fingerprint density at radius 1 is 1.50 bits per heavy atom. The molecular formula is C10H14N4S2. The lowest BCUT2D eigenvalue weighted by atomic mass is 10.1. The molecule has 0 aromatic carbocycles. The van der Waals surface area contributed by atoms with Crippen LogP contribution in [0.4, 0.5) is 0 Å². The Morgan fingerprint density at radius 2 is 2.38 bits per heavy atom. The van der Waals surface area contributed by atoms with Crippen molar-refractivity contribution in [2.24, 2.45) is 0 Å². The van der Waals surface area contributed by atoms with Crippen LogP contribution in [0.5, 0.6) is 0 Å². The molecule has 86 valence electrons. The molecule has 16 heavy (non-hydrogen) atoms. The number of nitrogens with one attached hydrogen (secondary N) is 1. The topological polar surface area (TPSA) is 50.7 Å². The molecule has 2 aromatic rings. The molecule has 0 fully saturated rings. The van der Waals surface area contributed by atoms with Gasteiger partial charge in [0.25, 0.3) is 0 Å². The summed E-state index contributed by atoms with van der Waals surface area (Å²) in [5.74, 6) is 0. The van der Waals surface area contributed by atoms with Gasteiger partial charge in [-0.3, -0.25) is 4.98 Å². The molecule has 2 rings (SSSR count). The first-order chi connectivity index (χ1) is 7.85. The summed E-state index contributed by atoms with van der Waals surface area (Å²) in [5, 5.41) is 7.48. The van der Waals surface area contributed by atoms with Crippen LogP contribution in [-0.4, -0.2) is 21.6 Å². The largest absolute Gasteiger partial charge is 0.312 e. The fourth-order valence-electron chi connectivity index (χ4n) is 1.60.